The number of carbonyl (C=O) groups is 3. The molecular weight excluding hydrogens is 443 g/mol. The first-order valence-electron chi connectivity index (χ1n) is 9.48. The number of benzene rings is 2. The van der Waals surface area contributed by atoms with Crippen molar-refractivity contribution in [1.82, 2.24) is 10.6 Å². The molecule has 9 heteroatoms. The molecule has 2 aromatic carbocycles. The van der Waals surface area contributed by atoms with Crippen molar-refractivity contribution < 1.29 is 24.2 Å². The van der Waals surface area contributed by atoms with E-state index in [1.54, 1.807) is 32.9 Å². The number of phenolic OH excluding ortho intramolecular Hbond substituents is 1. The third-order valence-corrected chi connectivity index (χ3v) is 4.59. The number of ketones is 1. The number of Topliss-reactive ketones (excluding diaryl/α,β-unsaturated/α-hetero) is 1. The lowest BCUT2D eigenvalue weighted by atomic mass is 10.0. The number of halogens is 2. The number of hydrogen-bond acceptors (Lipinski definition) is 5. The minimum absolute atomic E-state index is 0.0790. The SMILES string of the molecule is CC(C)(C)OC(=O)NC(Cc1ccc(O)cc1)C(=O)NCC(=O)c1ccc(Cl)cc1Cl. The molecule has 7 nitrogen and oxygen atoms in total. The number of nitrogens with one attached hydrogen (secondary N) is 2. The lowest BCUT2D eigenvalue weighted by molar-refractivity contribution is -0.123. The third-order valence-electron chi connectivity index (χ3n) is 4.04. The fourth-order valence-corrected chi connectivity index (χ4v) is 3.14. The van der Waals surface area contributed by atoms with Gasteiger partial charge < -0.3 is 20.5 Å². The summed E-state index contributed by atoms with van der Waals surface area (Å²) in [6.45, 7) is 4.80. The molecule has 0 spiro atoms. The average molecular weight is 467 g/mol. The molecule has 0 aromatic heterocycles. The Balaban J connectivity index is 2.09. The summed E-state index contributed by atoms with van der Waals surface area (Å²) in [6, 6.07) is 9.65. The Morgan fingerprint density at radius 3 is 2.29 bits per heavy atom. The molecule has 0 heterocycles. The Bertz CT molecular complexity index is 955. The van der Waals surface area contributed by atoms with Crippen molar-refractivity contribution in [1.29, 1.82) is 0 Å². The van der Waals surface area contributed by atoms with Crippen LogP contribution in [0.3, 0.4) is 0 Å². The van der Waals surface area contributed by atoms with Crippen molar-refractivity contribution in [2.45, 2.75) is 38.8 Å². The summed E-state index contributed by atoms with van der Waals surface area (Å²) < 4.78 is 5.23. The molecule has 0 saturated heterocycles. The predicted molar refractivity (Wildman–Crippen MR) is 119 cm³/mol. The van der Waals surface area contributed by atoms with E-state index >= 15 is 0 Å². The first kappa shape index (κ1) is 24.5. The molecule has 1 unspecified atom stereocenters. The van der Waals surface area contributed by atoms with E-state index in [-0.39, 0.29) is 29.3 Å². The number of carbonyl (C=O) groups excluding carboxylic acids is 3. The first-order valence-corrected chi connectivity index (χ1v) is 10.2. The van der Waals surface area contributed by atoms with Gasteiger partial charge in [-0.25, -0.2) is 4.79 Å². The molecule has 2 rings (SSSR count). The Morgan fingerprint density at radius 2 is 1.71 bits per heavy atom. The molecule has 2 amide bonds. The van der Waals surface area contributed by atoms with E-state index in [9.17, 15) is 19.5 Å². The summed E-state index contributed by atoms with van der Waals surface area (Å²) in [7, 11) is 0. The second-order valence-corrected chi connectivity index (χ2v) is 8.68. The van der Waals surface area contributed by atoms with Crippen LogP contribution in [0.15, 0.2) is 42.5 Å². The van der Waals surface area contributed by atoms with Gasteiger partial charge in [-0.05, 0) is 56.7 Å². The zero-order valence-corrected chi connectivity index (χ0v) is 18.9. The van der Waals surface area contributed by atoms with Gasteiger partial charge in [-0.1, -0.05) is 35.3 Å². The van der Waals surface area contributed by atoms with E-state index in [4.69, 9.17) is 27.9 Å². The highest BCUT2D eigenvalue weighted by atomic mass is 35.5. The molecule has 0 saturated carbocycles. The highest BCUT2D eigenvalue weighted by molar-refractivity contribution is 6.36. The number of alkyl carbamates (subject to hydrolysis) is 1. The molecule has 166 valence electrons. The van der Waals surface area contributed by atoms with Gasteiger partial charge in [-0.2, -0.15) is 0 Å². The van der Waals surface area contributed by atoms with Crippen LogP contribution in [0.2, 0.25) is 10.0 Å². The summed E-state index contributed by atoms with van der Waals surface area (Å²) in [4.78, 5) is 37.4. The van der Waals surface area contributed by atoms with Crippen molar-refractivity contribution in [2.24, 2.45) is 0 Å². The van der Waals surface area contributed by atoms with E-state index in [1.807, 2.05) is 0 Å². The smallest absolute Gasteiger partial charge is 0.408 e. The van der Waals surface area contributed by atoms with E-state index < -0.39 is 29.4 Å². The number of aromatic hydroxyl groups is 1. The van der Waals surface area contributed by atoms with Crippen LogP contribution in [0.4, 0.5) is 4.79 Å². The summed E-state index contributed by atoms with van der Waals surface area (Å²) in [5.41, 5.74) is 0.174. The van der Waals surface area contributed by atoms with Gasteiger partial charge in [-0.15, -0.1) is 0 Å². The van der Waals surface area contributed by atoms with E-state index in [0.29, 0.717) is 10.6 Å². The van der Waals surface area contributed by atoms with E-state index in [1.165, 1.54) is 30.3 Å². The molecule has 0 aliphatic carbocycles. The zero-order valence-electron chi connectivity index (χ0n) is 17.4. The first-order chi connectivity index (χ1) is 14.4. The Kier molecular flexibility index (Phi) is 8.30. The van der Waals surface area contributed by atoms with Crippen molar-refractivity contribution in [3.8, 4) is 5.75 Å². The minimum atomic E-state index is -1.01. The van der Waals surface area contributed by atoms with E-state index in [2.05, 4.69) is 10.6 Å². The topological polar surface area (TPSA) is 105 Å². The van der Waals surface area contributed by atoms with Gasteiger partial charge in [0.1, 0.15) is 17.4 Å². The molecule has 31 heavy (non-hydrogen) atoms. The molecule has 0 bridgehead atoms. The van der Waals surface area contributed by atoms with E-state index in [0.717, 1.165) is 0 Å². The molecule has 3 N–H and O–H groups in total. The molecule has 0 radical (unpaired) electrons. The zero-order chi connectivity index (χ0) is 23.2. The van der Waals surface area contributed by atoms with Crippen LogP contribution in [-0.4, -0.2) is 41.1 Å². The van der Waals surface area contributed by atoms with Crippen molar-refractivity contribution >= 4 is 41.0 Å². The molecular formula is C22H24Cl2N2O5. The summed E-state index contributed by atoms with van der Waals surface area (Å²) >= 11 is 11.9. The van der Waals surface area contributed by atoms with Gasteiger partial charge in [-0.3, -0.25) is 9.59 Å². The quantitative estimate of drug-likeness (QED) is 0.531. The fourth-order valence-electron chi connectivity index (χ4n) is 2.63. The highest BCUT2D eigenvalue weighted by Crippen LogP contribution is 2.21. The Hall–Kier alpha value is -2.77. The van der Waals surface area contributed by atoms with Gasteiger partial charge in [0.25, 0.3) is 0 Å². The van der Waals surface area contributed by atoms with Crippen LogP contribution >= 0.6 is 23.2 Å². The van der Waals surface area contributed by atoms with Gasteiger partial charge in [0.15, 0.2) is 5.78 Å². The summed E-state index contributed by atoms with van der Waals surface area (Å²) in [5.74, 6) is -0.900. The lowest BCUT2D eigenvalue weighted by Crippen LogP contribution is -2.50. The highest BCUT2D eigenvalue weighted by Gasteiger charge is 2.25. The Labute approximate surface area is 190 Å². The largest absolute Gasteiger partial charge is 0.508 e. The monoisotopic (exact) mass is 466 g/mol. The van der Waals surface area contributed by atoms with Crippen molar-refractivity contribution in [3.63, 3.8) is 0 Å². The van der Waals surface area contributed by atoms with Gasteiger partial charge >= 0.3 is 6.09 Å². The van der Waals surface area contributed by atoms with Crippen LogP contribution in [0, 0.1) is 0 Å². The minimum Gasteiger partial charge on any atom is -0.508 e. The summed E-state index contributed by atoms with van der Waals surface area (Å²) in [5, 5.41) is 15.1. The maximum atomic E-state index is 12.8. The van der Waals surface area contributed by atoms with Gasteiger partial charge in [0.05, 0.1) is 11.6 Å². The number of amides is 2. The van der Waals surface area contributed by atoms with Crippen molar-refractivity contribution in [3.05, 3.63) is 63.6 Å². The van der Waals surface area contributed by atoms with Crippen LogP contribution in [0.5, 0.6) is 5.75 Å². The predicted octanol–water partition coefficient (Wildman–Crippen LogP) is 4.13. The average Bonchev–Trinajstić information content (AvgIpc) is 2.65. The fraction of sp³-hybridized carbons (Fsp3) is 0.318. The molecule has 0 fully saturated rings. The normalized spacial score (nSPS) is 12.0. The van der Waals surface area contributed by atoms with Crippen LogP contribution in [0.1, 0.15) is 36.7 Å². The lowest BCUT2D eigenvalue weighted by Gasteiger charge is -2.23. The third kappa shape index (κ3) is 8.11. The molecule has 1 atom stereocenters. The van der Waals surface area contributed by atoms with Gasteiger partial charge in [0.2, 0.25) is 5.91 Å². The standard InChI is InChI=1S/C22H24Cl2N2O5/c1-22(2,3)31-21(30)26-18(10-13-4-7-15(27)8-5-13)20(29)25-12-19(28)16-9-6-14(23)11-17(16)24/h4-9,11,18,27H,10,12H2,1-3H3,(H,25,29)(H,26,30). The number of phenols is 1. The summed E-state index contributed by atoms with van der Waals surface area (Å²) in [6.07, 6.45) is -0.639. The second-order valence-electron chi connectivity index (χ2n) is 7.83. The number of ether oxygens (including phenoxy) is 1. The second kappa shape index (κ2) is 10.5. The Morgan fingerprint density at radius 1 is 1.06 bits per heavy atom. The van der Waals surface area contributed by atoms with Crippen LogP contribution in [0.25, 0.3) is 0 Å². The number of hydrogen-bond donors (Lipinski definition) is 3. The molecule has 0 aliphatic rings. The maximum Gasteiger partial charge on any atom is 0.408 e. The number of rotatable bonds is 7. The van der Waals surface area contributed by atoms with Crippen LogP contribution < -0.4 is 10.6 Å². The molecule has 0 aliphatic heterocycles. The molecule has 2 aromatic rings. The maximum absolute atomic E-state index is 12.8. The van der Waals surface area contributed by atoms with Crippen LogP contribution in [-0.2, 0) is 16.0 Å². The van der Waals surface area contributed by atoms with Crippen molar-refractivity contribution in [2.75, 3.05) is 6.54 Å². The van der Waals surface area contributed by atoms with Gasteiger partial charge in [0, 0.05) is 17.0 Å².